The lowest BCUT2D eigenvalue weighted by Crippen LogP contribution is -2.44. The molecule has 0 aliphatic carbocycles. The van der Waals surface area contributed by atoms with Crippen LogP contribution in [0.4, 0.5) is 0 Å². The van der Waals surface area contributed by atoms with E-state index >= 15 is 0 Å². The summed E-state index contributed by atoms with van der Waals surface area (Å²) in [6.07, 6.45) is 1.12. The van der Waals surface area contributed by atoms with Gasteiger partial charge in [0.1, 0.15) is 13.2 Å². The topological polar surface area (TPSA) is 24.9 Å². The van der Waals surface area contributed by atoms with Gasteiger partial charge in [-0.15, -0.1) is 0 Å². The Bertz CT molecular complexity index is 746. The van der Waals surface area contributed by atoms with Gasteiger partial charge in [-0.25, -0.2) is 0 Å². The van der Waals surface area contributed by atoms with Crippen molar-refractivity contribution in [1.29, 1.82) is 0 Å². The van der Waals surface area contributed by atoms with E-state index in [2.05, 4.69) is 60.3 Å². The SMILES string of the molecule is CN(Cc1ccc2c(c1)OCCO2)C[C@@H]1Cc2ccccc2CN1C. The van der Waals surface area contributed by atoms with Crippen molar-refractivity contribution >= 4 is 0 Å². The highest BCUT2D eigenvalue weighted by Crippen LogP contribution is 2.31. The minimum Gasteiger partial charge on any atom is -0.486 e. The molecule has 0 aromatic heterocycles. The Labute approximate surface area is 150 Å². The van der Waals surface area contributed by atoms with Crippen LogP contribution in [-0.2, 0) is 19.5 Å². The normalized spacial score (nSPS) is 19.7. The van der Waals surface area contributed by atoms with Gasteiger partial charge in [-0.2, -0.15) is 0 Å². The number of benzene rings is 2. The van der Waals surface area contributed by atoms with Gasteiger partial charge in [-0.3, -0.25) is 4.90 Å². The monoisotopic (exact) mass is 338 g/mol. The van der Waals surface area contributed by atoms with Crippen LogP contribution in [0.1, 0.15) is 16.7 Å². The molecule has 0 amide bonds. The second kappa shape index (κ2) is 7.06. The van der Waals surface area contributed by atoms with E-state index < -0.39 is 0 Å². The summed E-state index contributed by atoms with van der Waals surface area (Å²) in [7, 11) is 4.43. The fourth-order valence-corrected chi connectivity index (χ4v) is 3.84. The van der Waals surface area contributed by atoms with Crippen molar-refractivity contribution in [2.45, 2.75) is 25.6 Å². The summed E-state index contributed by atoms with van der Waals surface area (Å²) in [5, 5.41) is 0. The molecule has 4 nitrogen and oxygen atoms in total. The summed E-state index contributed by atoms with van der Waals surface area (Å²) < 4.78 is 11.3. The van der Waals surface area contributed by atoms with Crippen LogP contribution in [0.3, 0.4) is 0 Å². The molecule has 0 radical (unpaired) electrons. The van der Waals surface area contributed by atoms with E-state index in [1.807, 2.05) is 6.07 Å². The lowest BCUT2D eigenvalue weighted by molar-refractivity contribution is 0.157. The van der Waals surface area contributed by atoms with Gasteiger partial charge < -0.3 is 14.4 Å². The van der Waals surface area contributed by atoms with Crippen molar-refractivity contribution in [2.75, 3.05) is 33.9 Å². The lowest BCUT2D eigenvalue weighted by atomic mass is 9.94. The first-order valence-electron chi connectivity index (χ1n) is 9.03. The van der Waals surface area contributed by atoms with Gasteiger partial charge in [0, 0.05) is 25.7 Å². The number of rotatable bonds is 4. The summed E-state index contributed by atoms with van der Waals surface area (Å²) in [5.41, 5.74) is 4.24. The van der Waals surface area contributed by atoms with Crippen LogP contribution in [-0.4, -0.2) is 49.7 Å². The number of hydrogen-bond acceptors (Lipinski definition) is 4. The molecule has 0 bridgehead atoms. The molecule has 0 spiro atoms. The molecule has 2 aliphatic heterocycles. The highest BCUT2D eigenvalue weighted by molar-refractivity contribution is 5.43. The van der Waals surface area contributed by atoms with E-state index in [-0.39, 0.29) is 0 Å². The number of ether oxygens (including phenoxy) is 2. The maximum absolute atomic E-state index is 5.70. The number of hydrogen-bond donors (Lipinski definition) is 0. The highest BCUT2D eigenvalue weighted by Gasteiger charge is 2.24. The summed E-state index contributed by atoms with van der Waals surface area (Å²) >= 11 is 0. The molecule has 2 aromatic rings. The minimum atomic E-state index is 0.553. The Morgan fingerprint density at radius 1 is 1.04 bits per heavy atom. The van der Waals surface area contributed by atoms with Crippen LogP contribution in [0.5, 0.6) is 11.5 Å². The molecular weight excluding hydrogens is 312 g/mol. The molecule has 1 atom stereocenters. The molecule has 2 heterocycles. The van der Waals surface area contributed by atoms with Crippen LogP contribution in [0, 0.1) is 0 Å². The van der Waals surface area contributed by atoms with Gasteiger partial charge in [-0.1, -0.05) is 30.3 Å². The standard InChI is InChI=1S/C21H26N2O2/c1-22(13-16-7-8-20-21(11-16)25-10-9-24-20)15-19-12-17-5-3-4-6-18(17)14-23(19)2/h3-8,11,19H,9-10,12-15H2,1-2H3/t19-/m0/s1. The summed E-state index contributed by atoms with van der Waals surface area (Å²) in [4.78, 5) is 4.88. The first-order chi connectivity index (χ1) is 12.2. The zero-order chi connectivity index (χ0) is 17.2. The molecule has 4 rings (SSSR count). The van der Waals surface area contributed by atoms with Crippen LogP contribution < -0.4 is 9.47 Å². The van der Waals surface area contributed by atoms with E-state index in [1.165, 1.54) is 16.7 Å². The maximum atomic E-state index is 5.70. The van der Waals surface area contributed by atoms with E-state index in [4.69, 9.17) is 9.47 Å². The Balaban J connectivity index is 1.40. The number of nitrogens with zero attached hydrogens (tertiary/aromatic N) is 2. The zero-order valence-electron chi connectivity index (χ0n) is 15.1. The molecule has 0 saturated heterocycles. The number of fused-ring (bicyclic) bond motifs is 2. The minimum absolute atomic E-state index is 0.553. The molecule has 2 aliphatic rings. The van der Waals surface area contributed by atoms with Gasteiger partial charge in [0.05, 0.1) is 0 Å². The Kier molecular flexibility index (Phi) is 4.64. The quantitative estimate of drug-likeness (QED) is 0.856. The predicted molar refractivity (Wildman–Crippen MR) is 99.2 cm³/mol. The van der Waals surface area contributed by atoms with Gasteiger partial charge in [0.25, 0.3) is 0 Å². The molecule has 0 fully saturated rings. The van der Waals surface area contributed by atoms with E-state index in [0.29, 0.717) is 19.3 Å². The van der Waals surface area contributed by atoms with Crippen LogP contribution >= 0.6 is 0 Å². The molecule has 132 valence electrons. The summed E-state index contributed by atoms with van der Waals surface area (Å²) in [5.74, 6) is 1.74. The van der Waals surface area contributed by atoms with Crippen molar-refractivity contribution < 1.29 is 9.47 Å². The van der Waals surface area contributed by atoms with E-state index in [9.17, 15) is 0 Å². The molecule has 2 aromatic carbocycles. The fourth-order valence-electron chi connectivity index (χ4n) is 3.84. The smallest absolute Gasteiger partial charge is 0.161 e. The molecular formula is C21H26N2O2. The van der Waals surface area contributed by atoms with Gasteiger partial charge in [0.15, 0.2) is 11.5 Å². The van der Waals surface area contributed by atoms with Crippen molar-refractivity contribution in [3.63, 3.8) is 0 Å². The van der Waals surface area contributed by atoms with Crippen molar-refractivity contribution in [3.8, 4) is 11.5 Å². The van der Waals surface area contributed by atoms with Crippen LogP contribution in [0.2, 0.25) is 0 Å². The van der Waals surface area contributed by atoms with E-state index in [0.717, 1.165) is 37.6 Å². The molecule has 0 unspecified atom stereocenters. The first-order valence-corrected chi connectivity index (χ1v) is 9.03. The summed E-state index contributed by atoms with van der Waals surface area (Å²) in [6.45, 7) is 4.29. The average molecular weight is 338 g/mol. The Hall–Kier alpha value is -2.04. The lowest BCUT2D eigenvalue weighted by Gasteiger charge is -2.36. The third-order valence-electron chi connectivity index (χ3n) is 5.20. The van der Waals surface area contributed by atoms with Crippen LogP contribution in [0.15, 0.2) is 42.5 Å². The van der Waals surface area contributed by atoms with Crippen molar-refractivity contribution in [2.24, 2.45) is 0 Å². The zero-order valence-corrected chi connectivity index (χ0v) is 15.1. The molecule has 0 saturated carbocycles. The molecule has 0 N–H and O–H groups in total. The van der Waals surface area contributed by atoms with Gasteiger partial charge in [-0.05, 0) is 49.3 Å². The Morgan fingerprint density at radius 2 is 1.80 bits per heavy atom. The average Bonchev–Trinajstić information content (AvgIpc) is 2.62. The van der Waals surface area contributed by atoms with E-state index in [1.54, 1.807) is 0 Å². The van der Waals surface area contributed by atoms with Crippen molar-refractivity contribution in [1.82, 2.24) is 9.80 Å². The number of likely N-dealkylation sites (N-methyl/N-ethyl adjacent to an activating group) is 2. The fraction of sp³-hybridized carbons (Fsp3) is 0.429. The van der Waals surface area contributed by atoms with Gasteiger partial charge >= 0.3 is 0 Å². The van der Waals surface area contributed by atoms with Gasteiger partial charge in [0.2, 0.25) is 0 Å². The first kappa shape index (κ1) is 16.4. The third-order valence-corrected chi connectivity index (χ3v) is 5.20. The summed E-state index contributed by atoms with van der Waals surface area (Å²) in [6, 6.07) is 15.7. The molecule has 25 heavy (non-hydrogen) atoms. The van der Waals surface area contributed by atoms with Crippen molar-refractivity contribution in [3.05, 3.63) is 59.2 Å². The molecule has 4 heteroatoms. The van der Waals surface area contributed by atoms with Crippen LogP contribution in [0.25, 0.3) is 0 Å². The second-order valence-corrected chi connectivity index (χ2v) is 7.22. The highest BCUT2D eigenvalue weighted by atomic mass is 16.6. The largest absolute Gasteiger partial charge is 0.486 e. The maximum Gasteiger partial charge on any atom is 0.161 e. The predicted octanol–water partition coefficient (Wildman–Crippen LogP) is 2.95. The second-order valence-electron chi connectivity index (χ2n) is 7.22. The Morgan fingerprint density at radius 3 is 2.64 bits per heavy atom. The third kappa shape index (κ3) is 3.65.